The maximum atomic E-state index is 11.3. The number of carbonyl (C=O) groups is 2. The fourth-order valence-corrected chi connectivity index (χ4v) is 2.19. The molecule has 0 saturated carbocycles. The Hall–Kier alpha value is -1.58. The minimum Gasteiger partial charge on any atom is -0.481 e. The van der Waals surface area contributed by atoms with Gasteiger partial charge in [0.1, 0.15) is 6.61 Å². The SMILES string of the molecule is CC(C)=CCCC(C)CCCC(C)=CCOC(=O)CCC(=O)O. The molecule has 0 aromatic rings. The number of carboxylic acids is 1. The molecule has 1 unspecified atom stereocenters. The number of ether oxygens (including phenoxy) is 1. The third kappa shape index (κ3) is 15.1. The Kier molecular flexibility index (Phi) is 12.0. The molecule has 0 fully saturated rings. The van der Waals surface area contributed by atoms with Crippen molar-refractivity contribution in [1.82, 2.24) is 0 Å². The van der Waals surface area contributed by atoms with Crippen molar-refractivity contribution < 1.29 is 19.4 Å². The molecule has 1 atom stereocenters. The van der Waals surface area contributed by atoms with E-state index in [1.54, 1.807) is 0 Å². The third-order valence-corrected chi connectivity index (χ3v) is 3.70. The van der Waals surface area contributed by atoms with Crippen LogP contribution in [0.25, 0.3) is 0 Å². The summed E-state index contributed by atoms with van der Waals surface area (Å²) < 4.78 is 4.98. The van der Waals surface area contributed by atoms with Crippen molar-refractivity contribution >= 4 is 11.9 Å². The minimum atomic E-state index is -0.979. The molecule has 0 aromatic carbocycles. The number of rotatable bonds is 12. The smallest absolute Gasteiger partial charge is 0.306 e. The average Bonchev–Trinajstić information content (AvgIpc) is 2.44. The lowest BCUT2D eigenvalue weighted by Gasteiger charge is -2.10. The largest absolute Gasteiger partial charge is 0.481 e. The summed E-state index contributed by atoms with van der Waals surface area (Å²) in [5.41, 5.74) is 2.60. The minimum absolute atomic E-state index is 0.0641. The van der Waals surface area contributed by atoms with Crippen LogP contribution in [-0.4, -0.2) is 23.7 Å². The zero-order valence-electron chi connectivity index (χ0n) is 15.1. The molecular formula is C19H32O4. The molecule has 0 spiro atoms. The molecule has 0 aliphatic heterocycles. The van der Waals surface area contributed by atoms with E-state index in [0.29, 0.717) is 0 Å². The zero-order chi connectivity index (χ0) is 17.7. The van der Waals surface area contributed by atoms with E-state index in [1.807, 2.05) is 13.0 Å². The quantitative estimate of drug-likeness (QED) is 0.410. The predicted molar refractivity (Wildman–Crippen MR) is 93.3 cm³/mol. The van der Waals surface area contributed by atoms with Crippen LogP contribution in [0.3, 0.4) is 0 Å². The molecule has 0 rings (SSSR count). The number of esters is 1. The van der Waals surface area contributed by atoms with Crippen molar-refractivity contribution in [1.29, 1.82) is 0 Å². The lowest BCUT2D eigenvalue weighted by atomic mass is 9.97. The zero-order valence-corrected chi connectivity index (χ0v) is 15.1. The first-order valence-corrected chi connectivity index (χ1v) is 8.47. The van der Waals surface area contributed by atoms with Crippen LogP contribution in [0.15, 0.2) is 23.3 Å². The topological polar surface area (TPSA) is 63.6 Å². The first-order valence-electron chi connectivity index (χ1n) is 8.47. The predicted octanol–water partition coefficient (Wildman–Crippen LogP) is 4.89. The van der Waals surface area contributed by atoms with Gasteiger partial charge in [0.15, 0.2) is 0 Å². The highest BCUT2D eigenvalue weighted by molar-refractivity contribution is 5.76. The van der Waals surface area contributed by atoms with Gasteiger partial charge >= 0.3 is 11.9 Å². The van der Waals surface area contributed by atoms with Crippen LogP contribution in [0, 0.1) is 5.92 Å². The van der Waals surface area contributed by atoms with Crippen molar-refractivity contribution in [3.63, 3.8) is 0 Å². The summed E-state index contributed by atoms with van der Waals surface area (Å²) in [6.07, 6.45) is 9.72. The number of aliphatic carboxylic acids is 1. The van der Waals surface area contributed by atoms with Gasteiger partial charge in [0, 0.05) is 0 Å². The molecule has 1 N–H and O–H groups in total. The van der Waals surface area contributed by atoms with E-state index >= 15 is 0 Å². The average molecular weight is 324 g/mol. The first-order chi connectivity index (χ1) is 10.8. The van der Waals surface area contributed by atoms with Gasteiger partial charge in [-0.25, -0.2) is 0 Å². The van der Waals surface area contributed by atoms with Crippen LogP contribution >= 0.6 is 0 Å². The lowest BCUT2D eigenvalue weighted by Crippen LogP contribution is -2.07. The summed E-state index contributed by atoms with van der Waals surface area (Å²) in [7, 11) is 0. The Balaban J connectivity index is 3.76. The molecule has 0 amide bonds. The molecule has 0 bridgehead atoms. The van der Waals surface area contributed by atoms with Gasteiger partial charge in [-0.1, -0.05) is 30.6 Å². The Morgan fingerprint density at radius 1 is 1.04 bits per heavy atom. The summed E-state index contributed by atoms with van der Waals surface area (Å²) in [6.45, 7) is 8.84. The van der Waals surface area contributed by atoms with Crippen molar-refractivity contribution in [2.75, 3.05) is 6.61 Å². The fourth-order valence-electron chi connectivity index (χ4n) is 2.19. The highest BCUT2D eigenvalue weighted by atomic mass is 16.5. The Morgan fingerprint density at radius 3 is 2.35 bits per heavy atom. The Labute approximate surface area is 140 Å². The van der Waals surface area contributed by atoms with Gasteiger partial charge in [-0.2, -0.15) is 0 Å². The molecule has 0 heterocycles. The first kappa shape index (κ1) is 21.4. The van der Waals surface area contributed by atoms with Gasteiger partial charge in [-0.15, -0.1) is 0 Å². The molecule has 4 nitrogen and oxygen atoms in total. The number of allylic oxidation sites excluding steroid dienone is 3. The van der Waals surface area contributed by atoms with Gasteiger partial charge in [-0.05, 0) is 58.4 Å². The van der Waals surface area contributed by atoms with Crippen LogP contribution in [0.5, 0.6) is 0 Å². The molecule has 132 valence electrons. The van der Waals surface area contributed by atoms with Crippen molar-refractivity contribution in [3.05, 3.63) is 23.3 Å². The standard InChI is InChI=1S/C19H32O4/c1-15(2)7-5-8-16(3)9-6-10-17(4)13-14-23-19(22)12-11-18(20)21/h7,13,16H,5-6,8-12,14H2,1-4H3,(H,20,21). The maximum Gasteiger partial charge on any atom is 0.306 e. The lowest BCUT2D eigenvalue weighted by molar-refractivity contribution is -0.146. The second-order valence-electron chi connectivity index (χ2n) is 6.48. The molecule has 0 saturated heterocycles. The van der Waals surface area contributed by atoms with E-state index in [9.17, 15) is 9.59 Å². The Morgan fingerprint density at radius 2 is 1.74 bits per heavy atom. The van der Waals surface area contributed by atoms with E-state index in [1.165, 1.54) is 24.0 Å². The van der Waals surface area contributed by atoms with Gasteiger partial charge in [0.2, 0.25) is 0 Å². The second-order valence-corrected chi connectivity index (χ2v) is 6.48. The summed E-state index contributed by atoms with van der Waals surface area (Å²) in [5.74, 6) is -0.705. The molecular weight excluding hydrogens is 292 g/mol. The molecule has 4 heteroatoms. The normalized spacial score (nSPS) is 12.6. The summed E-state index contributed by atoms with van der Waals surface area (Å²) in [5, 5.41) is 8.48. The maximum absolute atomic E-state index is 11.3. The van der Waals surface area contributed by atoms with E-state index in [2.05, 4.69) is 26.8 Å². The molecule has 23 heavy (non-hydrogen) atoms. The number of hydrogen-bond acceptors (Lipinski definition) is 3. The monoisotopic (exact) mass is 324 g/mol. The Bertz CT molecular complexity index is 417. The van der Waals surface area contributed by atoms with Gasteiger partial charge in [-0.3, -0.25) is 9.59 Å². The van der Waals surface area contributed by atoms with E-state index in [0.717, 1.165) is 25.2 Å². The van der Waals surface area contributed by atoms with Crippen LogP contribution in [0.1, 0.15) is 72.6 Å². The van der Waals surface area contributed by atoms with Crippen LogP contribution in [0.4, 0.5) is 0 Å². The molecule has 0 aliphatic rings. The highest BCUT2D eigenvalue weighted by Gasteiger charge is 2.05. The third-order valence-electron chi connectivity index (χ3n) is 3.70. The molecule has 0 aromatic heterocycles. The number of carboxylic acid groups (broad SMARTS) is 1. The van der Waals surface area contributed by atoms with Crippen LogP contribution < -0.4 is 0 Å². The highest BCUT2D eigenvalue weighted by Crippen LogP contribution is 2.17. The van der Waals surface area contributed by atoms with Crippen molar-refractivity contribution in [3.8, 4) is 0 Å². The van der Waals surface area contributed by atoms with Gasteiger partial charge in [0.25, 0.3) is 0 Å². The van der Waals surface area contributed by atoms with Crippen molar-refractivity contribution in [2.45, 2.75) is 72.6 Å². The summed E-state index contributed by atoms with van der Waals surface area (Å²) in [6, 6.07) is 0. The second kappa shape index (κ2) is 12.9. The van der Waals surface area contributed by atoms with Crippen molar-refractivity contribution in [2.24, 2.45) is 5.92 Å². The molecule has 0 aliphatic carbocycles. The van der Waals surface area contributed by atoms with E-state index in [4.69, 9.17) is 9.84 Å². The summed E-state index contributed by atoms with van der Waals surface area (Å²) >= 11 is 0. The van der Waals surface area contributed by atoms with Gasteiger partial charge < -0.3 is 9.84 Å². The van der Waals surface area contributed by atoms with E-state index in [-0.39, 0.29) is 19.4 Å². The van der Waals surface area contributed by atoms with Crippen LogP contribution in [-0.2, 0) is 14.3 Å². The summed E-state index contributed by atoms with van der Waals surface area (Å²) in [4.78, 5) is 21.6. The number of hydrogen-bond donors (Lipinski definition) is 1. The number of carbonyl (C=O) groups excluding carboxylic acids is 1. The van der Waals surface area contributed by atoms with E-state index < -0.39 is 11.9 Å². The van der Waals surface area contributed by atoms with Gasteiger partial charge in [0.05, 0.1) is 12.8 Å². The molecule has 0 radical (unpaired) electrons. The van der Waals surface area contributed by atoms with Crippen LogP contribution in [0.2, 0.25) is 0 Å². The fraction of sp³-hybridized carbons (Fsp3) is 0.684.